The van der Waals surface area contributed by atoms with Gasteiger partial charge in [0.25, 0.3) is 0 Å². The van der Waals surface area contributed by atoms with Crippen molar-refractivity contribution >= 4 is 19.0 Å². The van der Waals surface area contributed by atoms with Crippen molar-refractivity contribution in [3.63, 3.8) is 0 Å². The zero-order chi connectivity index (χ0) is 6.41. The highest BCUT2D eigenvalue weighted by molar-refractivity contribution is 6.58. The zero-order valence-corrected chi connectivity index (χ0v) is 9.23. The fourth-order valence-corrected chi connectivity index (χ4v) is 6.71. The van der Waals surface area contributed by atoms with Crippen LogP contribution in [0.25, 0.3) is 0 Å². The van der Waals surface area contributed by atoms with Crippen molar-refractivity contribution in [1.82, 2.24) is 0 Å². The average Bonchev–Trinajstić information content (AvgIpc) is 1.68. The molecule has 0 bridgehead atoms. The van der Waals surface area contributed by atoms with Crippen LogP contribution in [0.1, 0.15) is 20.8 Å². The van der Waals surface area contributed by atoms with Crippen molar-refractivity contribution in [3.8, 4) is 0 Å². The first kappa shape index (κ1) is 8.43. The highest BCUT2D eigenvalue weighted by Gasteiger charge is 1.97. The van der Waals surface area contributed by atoms with E-state index in [2.05, 4.69) is 20.8 Å². The van der Waals surface area contributed by atoms with Crippen LogP contribution in [-0.4, -0.2) is 19.0 Å². The summed E-state index contributed by atoms with van der Waals surface area (Å²) in [4.78, 5) is 0. The molecule has 2 heteroatoms. The van der Waals surface area contributed by atoms with Gasteiger partial charge in [-0.15, -0.1) is 0 Å². The van der Waals surface area contributed by atoms with Gasteiger partial charge in [0.05, 0.1) is 0 Å². The van der Waals surface area contributed by atoms with E-state index in [0.29, 0.717) is 19.0 Å². The van der Waals surface area contributed by atoms with Gasteiger partial charge >= 0.3 is 0 Å². The third kappa shape index (κ3) is 4.59. The van der Waals surface area contributed by atoms with Crippen LogP contribution in [0, 0.1) is 0 Å². The molecule has 8 heavy (non-hydrogen) atoms. The molecular formula is C6H18Si2. The van der Waals surface area contributed by atoms with Crippen molar-refractivity contribution in [3.05, 3.63) is 0 Å². The van der Waals surface area contributed by atoms with Gasteiger partial charge in [0.2, 0.25) is 0 Å². The minimum absolute atomic E-state index is 0.397. The third-order valence-corrected chi connectivity index (χ3v) is 7.14. The molecule has 0 unspecified atom stereocenters. The Morgan fingerprint density at radius 3 is 1.75 bits per heavy atom. The van der Waals surface area contributed by atoms with E-state index in [1.807, 2.05) is 0 Å². The SMILES string of the molecule is CC[SiH2]C(C)[SiH2]CC. The minimum Gasteiger partial charge on any atom is -0.0683 e. The fourth-order valence-electron chi connectivity index (χ4n) is 1.13. The molecule has 0 nitrogen and oxygen atoms in total. The fraction of sp³-hybridized carbons (Fsp3) is 1.00. The first-order valence-electron chi connectivity index (χ1n) is 3.81. The second kappa shape index (κ2) is 5.57. The van der Waals surface area contributed by atoms with Gasteiger partial charge in [-0.2, -0.15) is 0 Å². The summed E-state index contributed by atoms with van der Waals surface area (Å²) in [6.07, 6.45) is 0. The lowest BCUT2D eigenvalue weighted by Crippen LogP contribution is -2.04. The topological polar surface area (TPSA) is 0 Å². The van der Waals surface area contributed by atoms with Gasteiger partial charge in [0, 0.05) is 19.0 Å². The Kier molecular flexibility index (Phi) is 5.87. The Morgan fingerprint density at radius 1 is 1.12 bits per heavy atom. The lowest BCUT2D eigenvalue weighted by Gasteiger charge is -2.03. The minimum atomic E-state index is 0.397. The molecule has 0 fully saturated rings. The van der Waals surface area contributed by atoms with Crippen molar-refractivity contribution in [2.45, 2.75) is 38.0 Å². The summed E-state index contributed by atoms with van der Waals surface area (Å²) in [5.74, 6) is 0. The molecule has 0 saturated heterocycles. The van der Waals surface area contributed by atoms with E-state index >= 15 is 0 Å². The second-order valence-electron chi connectivity index (χ2n) is 2.68. The predicted molar refractivity (Wildman–Crippen MR) is 47.5 cm³/mol. The van der Waals surface area contributed by atoms with Crippen LogP contribution in [-0.2, 0) is 0 Å². The van der Waals surface area contributed by atoms with E-state index in [0.717, 1.165) is 0 Å². The van der Waals surface area contributed by atoms with Crippen LogP contribution >= 0.6 is 0 Å². The molecule has 0 aromatic heterocycles. The van der Waals surface area contributed by atoms with Gasteiger partial charge in [-0.3, -0.25) is 0 Å². The predicted octanol–water partition coefficient (Wildman–Crippen LogP) is 0.966. The molecule has 0 saturated carbocycles. The maximum absolute atomic E-state index is 2.46. The summed E-state index contributed by atoms with van der Waals surface area (Å²) in [6.45, 7) is 7.14. The molecular weight excluding hydrogens is 128 g/mol. The number of hydrogen-bond donors (Lipinski definition) is 0. The Bertz CT molecular complexity index is 39.8. The summed E-state index contributed by atoms with van der Waals surface area (Å²) in [5, 5.41) is 1.24. The molecule has 0 spiro atoms. The quantitative estimate of drug-likeness (QED) is 0.519. The Labute approximate surface area is 57.7 Å². The monoisotopic (exact) mass is 146 g/mol. The smallest absolute Gasteiger partial charge is 0.0192 e. The largest absolute Gasteiger partial charge is 0.0683 e. The van der Waals surface area contributed by atoms with Crippen LogP contribution < -0.4 is 0 Å². The van der Waals surface area contributed by atoms with Gasteiger partial charge in [-0.05, 0) is 0 Å². The summed E-state index contributed by atoms with van der Waals surface area (Å²) in [5.41, 5.74) is 0. The van der Waals surface area contributed by atoms with Crippen LogP contribution in [0.2, 0.25) is 17.3 Å². The third-order valence-electron chi connectivity index (χ3n) is 1.56. The van der Waals surface area contributed by atoms with Crippen LogP contribution in [0.3, 0.4) is 0 Å². The lowest BCUT2D eigenvalue weighted by atomic mass is 10.9. The Balaban J connectivity index is 2.92. The molecule has 0 amide bonds. The van der Waals surface area contributed by atoms with Gasteiger partial charge in [0.1, 0.15) is 0 Å². The summed E-state index contributed by atoms with van der Waals surface area (Å²) < 4.78 is 0. The summed E-state index contributed by atoms with van der Waals surface area (Å²) in [7, 11) is 0.794. The van der Waals surface area contributed by atoms with E-state index in [1.54, 1.807) is 0 Å². The molecule has 0 aromatic rings. The van der Waals surface area contributed by atoms with Crippen molar-refractivity contribution in [1.29, 1.82) is 0 Å². The molecule has 0 heterocycles. The Morgan fingerprint density at radius 2 is 1.50 bits per heavy atom. The van der Waals surface area contributed by atoms with E-state index in [4.69, 9.17) is 0 Å². The Hall–Kier alpha value is 0.434. The van der Waals surface area contributed by atoms with Crippen molar-refractivity contribution < 1.29 is 0 Å². The average molecular weight is 146 g/mol. The van der Waals surface area contributed by atoms with Crippen LogP contribution in [0.4, 0.5) is 0 Å². The van der Waals surface area contributed by atoms with Crippen molar-refractivity contribution in [2.75, 3.05) is 0 Å². The highest BCUT2D eigenvalue weighted by atomic mass is 28.3. The molecule has 50 valence electrons. The van der Waals surface area contributed by atoms with E-state index in [1.165, 1.54) is 17.3 Å². The molecule has 0 radical (unpaired) electrons. The van der Waals surface area contributed by atoms with Crippen molar-refractivity contribution in [2.24, 2.45) is 0 Å². The number of rotatable bonds is 4. The van der Waals surface area contributed by atoms with Crippen LogP contribution in [0.5, 0.6) is 0 Å². The van der Waals surface area contributed by atoms with Gasteiger partial charge in [-0.25, -0.2) is 0 Å². The maximum Gasteiger partial charge on any atom is 0.0192 e. The number of hydrogen-bond acceptors (Lipinski definition) is 0. The second-order valence-corrected chi connectivity index (χ2v) is 9.78. The maximum atomic E-state index is 2.46. The first-order chi connectivity index (χ1) is 3.81. The molecule has 0 aromatic carbocycles. The first-order valence-corrected chi connectivity index (χ1v) is 7.44. The van der Waals surface area contributed by atoms with Crippen LogP contribution in [0.15, 0.2) is 0 Å². The van der Waals surface area contributed by atoms with E-state index < -0.39 is 0 Å². The molecule has 0 aliphatic carbocycles. The lowest BCUT2D eigenvalue weighted by molar-refractivity contribution is 1.24. The molecule has 0 atom stereocenters. The molecule has 0 aliphatic heterocycles. The van der Waals surface area contributed by atoms with E-state index in [-0.39, 0.29) is 0 Å². The van der Waals surface area contributed by atoms with Gasteiger partial charge < -0.3 is 0 Å². The standard InChI is InChI=1S/C6H18Si2/c1-4-7-6(3)8-5-2/h6H,4-5,7-8H2,1-3H3. The molecule has 0 N–H and O–H groups in total. The highest BCUT2D eigenvalue weighted by Crippen LogP contribution is 2.01. The summed E-state index contributed by atoms with van der Waals surface area (Å²) >= 11 is 0. The zero-order valence-electron chi connectivity index (χ0n) is 6.41. The molecule has 0 aliphatic rings. The van der Waals surface area contributed by atoms with E-state index in [9.17, 15) is 0 Å². The van der Waals surface area contributed by atoms with Gasteiger partial charge in [-0.1, -0.05) is 38.0 Å². The molecule has 0 rings (SSSR count). The van der Waals surface area contributed by atoms with Gasteiger partial charge in [0.15, 0.2) is 0 Å². The normalized spacial score (nSPS) is 16.9. The summed E-state index contributed by atoms with van der Waals surface area (Å²) in [6, 6.07) is 3.04.